The van der Waals surface area contributed by atoms with E-state index in [2.05, 4.69) is 20.9 Å². The SMILES string of the molecule is CN(C)/C=C(\N)C(=O)c1cc2cc(SC(F)F)c(Br)cc2[nH]1. The monoisotopic (exact) mass is 389 g/mol. The zero-order valence-corrected chi connectivity index (χ0v) is 14.3. The van der Waals surface area contributed by atoms with Gasteiger partial charge in [0.15, 0.2) is 0 Å². The van der Waals surface area contributed by atoms with Gasteiger partial charge in [-0.1, -0.05) is 11.8 Å². The summed E-state index contributed by atoms with van der Waals surface area (Å²) < 4.78 is 25.6. The molecule has 0 atom stereocenters. The fourth-order valence-corrected chi connectivity index (χ4v) is 3.12. The Kier molecular flexibility index (Phi) is 5.12. The van der Waals surface area contributed by atoms with Gasteiger partial charge in [-0.2, -0.15) is 8.78 Å². The molecule has 0 fully saturated rings. The molecule has 0 aliphatic rings. The molecule has 0 unspecified atom stereocenters. The number of aromatic nitrogens is 1. The largest absolute Gasteiger partial charge is 0.394 e. The number of halogens is 3. The fourth-order valence-electron chi connectivity index (χ4n) is 1.93. The quantitative estimate of drug-likeness (QED) is 0.463. The zero-order chi connectivity index (χ0) is 16.4. The first-order valence-electron chi connectivity index (χ1n) is 6.23. The molecule has 3 N–H and O–H groups in total. The Morgan fingerprint density at radius 1 is 1.41 bits per heavy atom. The zero-order valence-electron chi connectivity index (χ0n) is 11.9. The summed E-state index contributed by atoms with van der Waals surface area (Å²) in [7, 11) is 3.52. The van der Waals surface area contributed by atoms with Crippen LogP contribution in [0.1, 0.15) is 10.5 Å². The van der Waals surface area contributed by atoms with Crippen LogP contribution in [0.3, 0.4) is 0 Å². The van der Waals surface area contributed by atoms with Gasteiger partial charge in [-0.15, -0.1) is 0 Å². The van der Waals surface area contributed by atoms with Crippen LogP contribution in [0.4, 0.5) is 8.78 Å². The molecule has 1 aromatic heterocycles. The molecule has 0 saturated heterocycles. The number of aromatic amines is 1. The molecule has 1 aromatic carbocycles. The highest BCUT2D eigenvalue weighted by molar-refractivity contribution is 9.10. The number of nitrogens with zero attached hydrogens (tertiary/aromatic N) is 1. The van der Waals surface area contributed by atoms with E-state index in [1.54, 1.807) is 37.2 Å². The van der Waals surface area contributed by atoms with Crippen molar-refractivity contribution in [1.29, 1.82) is 0 Å². The van der Waals surface area contributed by atoms with E-state index in [4.69, 9.17) is 5.73 Å². The summed E-state index contributed by atoms with van der Waals surface area (Å²) in [6, 6.07) is 4.88. The van der Waals surface area contributed by atoms with Gasteiger partial charge < -0.3 is 15.6 Å². The summed E-state index contributed by atoms with van der Waals surface area (Å²) >= 11 is 3.70. The molecule has 0 amide bonds. The van der Waals surface area contributed by atoms with E-state index >= 15 is 0 Å². The number of nitrogens with two attached hydrogens (primary N) is 1. The lowest BCUT2D eigenvalue weighted by Gasteiger charge is -2.06. The second kappa shape index (κ2) is 6.70. The van der Waals surface area contributed by atoms with E-state index in [1.165, 1.54) is 6.20 Å². The van der Waals surface area contributed by atoms with Crippen molar-refractivity contribution in [2.24, 2.45) is 5.73 Å². The van der Waals surface area contributed by atoms with Crippen LogP contribution in [-0.2, 0) is 0 Å². The smallest absolute Gasteiger partial charge is 0.288 e. The molecule has 4 nitrogen and oxygen atoms in total. The molecular weight excluding hydrogens is 376 g/mol. The number of hydrogen-bond donors (Lipinski definition) is 2. The summed E-state index contributed by atoms with van der Waals surface area (Å²) in [4.78, 5) is 17.2. The molecule has 0 spiro atoms. The lowest BCUT2D eigenvalue weighted by Crippen LogP contribution is -2.16. The van der Waals surface area contributed by atoms with Gasteiger partial charge in [0.25, 0.3) is 5.76 Å². The number of carbonyl (C=O) groups is 1. The lowest BCUT2D eigenvalue weighted by molar-refractivity contribution is 0.102. The normalized spacial score (nSPS) is 12.2. The van der Waals surface area contributed by atoms with Gasteiger partial charge in [0.05, 0.1) is 11.4 Å². The fraction of sp³-hybridized carbons (Fsp3) is 0.214. The molecule has 0 aliphatic carbocycles. The Labute approximate surface area is 138 Å². The third kappa shape index (κ3) is 3.80. The molecule has 118 valence electrons. The highest BCUT2D eigenvalue weighted by atomic mass is 79.9. The molecule has 22 heavy (non-hydrogen) atoms. The van der Waals surface area contributed by atoms with Crippen molar-refractivity contribution >= 4 is 44.4 Å². The number of ketones is 1. The van der Waals surface area contributed by atoms with Crippen molar-refractivity contribution in [2.75, 3.05) is 14.1 Å². The number of thioether (sulfide) groups is 1. The maximum atomic E-state index is 12.5. The van der Waals surface area contributed by atoms with Gasteiger partial charge in [-0.3, -0.25) is 4.79 Å². The van der Waals surface area contributed by atoms with Gasteiger partial charge in [0.1, 0.15) is 0 Å². The number of allylic oxidation sites excluding steroid dienone is 1. The summed E-state index contributed by atoms with van der Waals surface area (Å²) in [6.45, 7) is 0. The first kappa shape index (κ1) is 16.8. The predicted octanol–water partition coefficient (Wildman–Crippen LogP) is 3.79. The minimum Gasteiger partial charge on any atom is -0.394 e. The second-order valence-corrected chi connectivity index (χ2v) is 6.69. The van der Waals surface area contributed by atoms with E-state index in [0.29, 0.717) is 37.7 Å². The number of benzene rings is 1. The molecule has 1 heterocycles. The Morgan fingerprint density at radius 3 is 2.68 bits per heavy atom. The van der Waals surface area contributed by atoms with Crippen molar-refractivity contribution in [3.8, 4) is 0 Å². The average molecular weight is 390 g/mol. The summed E-state index contributed by atoms with van der Waals surface area (Å²) in [5, 5.41) is 0.673. The second-order valence-electron chi connectivity index (χ2n) is 4.81. The van der Waals surface area contributed by atoms with Gasteiger partial charge in [-0.05, 0) is 34.1 Å². The topological polar surface area (TPSA) is 62.1 Å². The van der Waals surface area contributed by atoms with Crippen LogP contribution in [0.5, 0.6) is 0 Å². The number of H-pyrrole nitrogens is 1. The molecule has 0 saturated carbocycles. The molecule has 2 rings (SSSR count). The molecule has 2 aromatic rings. The van der Waals surface area contributed by atoms with E-state index in [0.717, 1.165) is 0 Å². The van der Waals surface area contributed by atoms with Crippen LogP contribution in [0.25, 0.3) is 10.9 Å². The van der Waals surface area contributed by atoms with Crippen LogP contribution in [-0.4, -0.2) is 35.5 Å². The minimum absolute atomic E-state index is 0.0952. The van der Waals surface area contributed by atoms with Crippen LogP contribution >= 0.6 is 27.7 Å². The third-order valence-corrected chi connectivity index (χ3v) is 4.48. The molecular formula is C14H14BrF2N3OS. The van der Waals surface area contributed by atoms with E-state index < -0.39 is 5.76 Å². The highest BCUT2D eigenvalue weighted by Gasteiger charge is 2.15. The summed E-state index contributed by atoms with van der Waals surface area (Å²) in [5.41, 5.74) is 6.82. The number of carbonyl (C=O) groups excluding carboxylic acids is 1. The summed E-state index contributed by atoms with van der Waals surface area (Å²) in [5.74, 6) is -2.85. The van der Waals surface area contributed by atoms with E-state index in [-0.39, 0.29) is 11.5 Å². The first-order valence-corrected chi connectivity index (χ1v) is 7.90. The Morgan fingerprint density at radius 2 is 2.09 bits per heavy atom. The third-order valence-electron chi connectivity index (χ3n) is 2.79. The molecule has 0 bridgehead atoms. The maximum absolute atomic E-state index is 12.5. The van der Waals surface area contributed by atoms with E-state index in [9.17, 15) is 13.6 Å². The minimum atomic E-state index is -2.51. The van der Waals surface area contributed by atoms with Crippen molar-refractivity contribution in [1.82, 2.24) is 9.88 Å². The van der Waals surface area contributed by atoms with Gasteiger partial charge in [0.2, 0.25) is 5.78 Å². The van der Waals surface area contributed by atoms with Crippen LogP contribution in [0.2, 0.25) is 0 Å². The molecule has 0 aliphatic heterocycles. The van der Waals surface area contributed by atoms with Gasteiger partial charge in [-0.25, -0.2) is 0 Å². The average Bonchev–Trinajstić information content (AvgIpc) is 2.79. The number of alkyl halides is 2. The van der Waals surface area contributed by atoms with Crippen LogP contribution in [0, 0.1) is 0 Å². The standard InChI is InChI=1S/C14H14BrF2N3OS/c1-20(2)6-9(18)13(21)11-3-7-4-12(22-14(16)17)8(15)5-10(7)19-11/h3-6,14,19H,18H2,1-2H3/b9-6-. The number of rotatable bonds is 5. The number of fused-ring (bicyclic) bond motifs is 1. The van der Waals surface area contributed by atoms with Crippen molar-refractivity contribution in [3.63, 3.8) is 0 Å². The predicted molar refractivity (Wildman–Crippen MR) is 88.1 cm³/mol. The Bertz CT molecular complexity index is 743. The van der Waals surface area contributed by atoms with Crippen molar-refractivity contribution < 1.29 is 13.6 Å². The first-order chi connectivity index (χ1) is 10.3. The van der Waals surface area contributed by atoms with Crippen LogP contribution < -0.4 is 5.73 Å². The number of Topliss-reactive ketones (excluding diaryl/α,β-unsaturated/α-hetero) is 1. The Balaban J connectivity index is 2.40. The Hall–Kier alpha value is -1.54. The van der Waals surface area contributed by atoms with Gasteiger partial charge >= 0.3 is 0 Å². The van der Waals surface area contributed by atoms with Crippen molar-refractivity contribution in [2.45, 2.75) is 10.7 Å². The summed E-state index contributed by atoms with van der Waals surface area (Å²) in [6.07, 6.45) is 1.52. The number of hydrogen-bond acceptors (Lipinski definition) is 4. The van der Waals surface area contributed by atoms with Crippen molar-refractivity contribution in [3.05, 3.63) is 40.3 Å². The van der Waals surface area contributed by atoms with Gasteiger partial charge in [0, 0.05) is 40.6 Å². The molecule has 8 heteroatoms. The van der Waals surface area contributed by atoms with Crippen LogP contribution in [0.15, 0.2) is 39.5 Å². The lowest BCUT2D eigenvalue weighted by atomic mass is 10.2. The van der Waals surface area contributed by atoms with E-state index in [1.807, 2.05) is 0 Å². The molecule has 0 radical (unpaired) electrons. The number of nitrogens with one attached hydrogen (secondary N) is 1. The maximum Gasteiger partial charge on any atom is 0.288 e. The highest BCUT2D eigenvalue weighted by Crippen LogP contribution is 2.35.